The summed E-state index contributed by atoms with van der Waals surface area (Å²) in [5, 5.41) is 9.00. The minimum Gasteiger partial charge on any atom is -0.478 e. The lowest BCUT2D eigenvalue weighted by atomic mass is 10.2. The van der Waals surface area contributed by atoms with Crippen molar-refractivity contribution >= 4 is 33.5 Å². The Morgan fingerprint density at radius 2 is 1.62 bits per heavy atom. The molecule has 0 radical (unpaired) electrons. The maximum Gasteiger partial charge on any atom is 0.335 e. The summed E-state index contributed by atoms with van der Waals surface area (Å²) in [5.41, 5.74) is 0.0106. The van der Waals surface area contributed by atoms with Gasteiger partial charge in [0.1, 0.15) is 0 Å². The van der Waals surface area contributed by atoms with Crippen molar-refractivity contribution in [1.29, 1.82) is 0 Å². The summed E-state index contributed by atoms with van der Waals surface area (Å²) in [6.07, 6.45) is 0. The van der Waals surface area contributed by atoms with Gasteiger partial charge in [-0.3, -0.25) is 4.79 Å². The lowest BCUT2D eigenvalue weighted by Gasteiger charge is -2.33. The van der Waals surface area contributed by atoms with E-state index < -0.39 is 16.0 Å². The molecule has 1 aliphatic rings. The van der Waals surface area contributed by atoms with E-state index in [0.29, 0.717) is 0 Å². The summed E-state index contributed by atoms with van der Waals surface area (Å²) >= 11 is 5.66. The van der Waals surface area contributed by atoms with Gasteiger partial charge < -0.3 is 14.4 Å². The van der Waals surface area contributed by atoms with Gasteiger partial charge in [0, 0.05) is 26.2 Å². The topological polar surface area (TPSA) is 108 Å². The Kier molecular flexibility index (Phi) is 5.03. The van der Waals surface area contributed by atoms with Crippen molar-refractivity contribution in [2.45, 2.75) is 4.90 Å². The van der Waals surface area contributed by atoms with Crippen molar-refractivity contribution < 1.29 is 27.5 Å². The fourth-order valence-electron chi connectivity index (χ4n) is 2.64. The average molecular weight is 399 g/mol. The van der Waals surface area contributed by atoms with E-state index in [2.05, 4.69) is 0 Å². The Morgan fingerprint density at radius 3 is 2.12 bits per heavy atom. The number of carboxylic acids is 1. The summed E-state index contributed by atoms with van der Waals surface area (Å²) in [6, 6.07) is 7.96. The number of rotatable bonds is 4. The van der Waals surface area contributed by atoms with Gasteiger partial charge in [0.15, 0.2) is 11.0 Å². The highest BCUT2D eigenvalue weighted by Crippen LogP contribution is 2.20. The molecule has 1 N–H and O–H groups in total. The molecular weight excluding hydrogens is 384 g/mol. The van der Waals surface area contributed by atoms with E-state index in [-0.39, 0.29) is 53.5 Å². The maximum atomic E-state index is 12.7. The summed E-state index contributed by atoms with van der Waals surface area (Å²) in [4.78, 5) is 24.7. The van der Waals surface area contributed by atoms with Crippen LogP contribution >= 0.6 is 11.6 Å². The highest BCUT2D eigenvalue weighted by atomic mass is 35.5. The quantitative estimate of drug-likeness (QED) is 0.840. The molecule has 3 rings (SSSR count). The van der Waals surface area contributed by atoms with Gasteiger partial charge in [0.2, 0.25) is 10.0 Å². The standard InChI is InChI=1S/C16H15ClN2O6S/c17-14-6-5-13(25-14)15(20)18-7-9-19(10-8-18)26(23,24)12-3-1-11(2-4-12)16(21)22/h1-6H,7-10H2,(H,21,22). The van der Waals surface area contributed by atoms with Gasteiger partial charge in [-0.05, 0) is 48.0 Å². The smallest absolute Gasteiger partial charge is 0.335 e. The predicted octanol–water partition coefficient (Wildman–Crippen LogP) is 1.78. The molecular formula is C16H15ClN2O6S. The number of piperazine rings is 1. The number of sulfonamides is 1. The van der Waals surface area contributed by atoms with Crippen LogP contribution in [0.2, 0.25) is 5.22 Å². The van der Waals surface area contributed by atoms with Crippen LogP contribution in [-0.2, 0) is 10.0 Å². The highest BCUT2D eigenvalue weighted by Gasteiger charge is 2.31. The molecule has 138 valence electrons. The van der Waals surface area contributed by atoms with Gasteiger partial charge in [-0.25, -0.2) is 13.2 Å². The van der Waals surface area contributed by atoms with Gasteiger partial charge in [0.25, 0.3) is 5.91 Å². The molecule has 0 aliphatic carbocycles. The van der Waals surface area contributed by atoms with E-state index in [1.807, 2.05) is 0 Å². The second kappa shape index (κ2) is 7.10. The fourth-order valence-corrected chi connectivity index (χ4v) is 4.20. The van der Waals surface area contributed by atoms with Crippen LogP contribution in [-0.4, -0.2) is 60.8 Å². The van der Waals surface area contributed by atoms with E-state index in [1.165, 1.54) is 45.6 Å². The van der Waals surface area contributed by atoms with Gasteiger partial charge in [0.05, 0.1) is 10.5 Å². The van der Waals surface area contributed by atoms with Crippen LogP contribution < -0.4 is 0 Å². The molecule has 1 aromatic carbocycles. The highest BCUT2D eigenvalue weighted by molar-refractivity contribution is 7.89. The van der Waals surface area contributed by atoms with E-state index in [9.17, 15) is 18.0 Å². The van der Waals surface area contributed by atoms with Gasteiger partial charge in [-0.15, -0.1) is 0 Å². The third kappa shape index (κ3) is 3.59. The first kappa shape index (κ1) is 18.4. The number of halogens is 1. The number of aromatic carboxylic acids is 1. The first-order valence-electron chi connectivity index (χ1n) is 7.67. The molecule has 1 aliphatic heterocycles. The van der Waals surface area contributed by atoms with Crippen molar-refractivity contribution in [3.05, 3.63) is 52.9 Å². The molecule has 2 heterocycles. The second-order valence-corrected chi connectivity index (χ2v) is 7.94. The summed E-state index contributed by atoms with van der Waals surface area (Å²) in [6.45, 7) is 0.680. The predicted molar refractivity (Wildman–Crippen MR) is 91.8 cm³/mol. The number of carbonyl (C=O) groups excluding carboxylic acids is 1. The Morgan fingerprint density at radius 1 is 1.00 bits per heavy atom. The molecule has 1 amide bonds. The molecule has 0 bridgehead atoms. The zero-order chi connectivity index (χ0) is 18.9. The molecule has 26 heavy (non-hydrogen) atoms. The molecule has 0 saturated carbocycles. The van der Waals surface area contributed by atoms with Crippen molar-refractivity contribution in [2.75, 3.05) is 26.2 Å². The number of hydrogen-bond donors (Lipinski definition) is 1. The minimum atomic E-state index is -3.76. The van der Waals surface area contributed by atoms with E-state index in [1.54, 1.807) is 0 Å². The Labute approximate surface area is 154 Å². The third-order valence-electron chi connectivity index (χ3n) is 4.05. The zero-order valence-corrected chi connectivity index (χ0v) is 15.0. The number of furan rings is 1. The zero-order valence-electron chi connectivity index (χ0n) is 13.5. The van der Waals surface area contributed by atoms with Crippen LogP contribution in [0.5, 0.6) is 0 Å². The van der Waals surface area contributed by atoms with E-state index >= 15 is 0 Å². The minimum absolute atomic E-state index is 0.0106. The Bertz CT molecular complexity index is 930. The lowest BCUT2D eigenvalue weighted by Crippen LogP contribution is -2.50. The molecule has 1 aromatic heterocycles. The van der Waals surface area contributed by atoms with Crippen molar-refractivity contribution in [1.82, 2.24) is 9.21 Å². The van der Waals surface area contributed by atoms with Gasteiger partial charge in [-0.1, -0.05) is 0 Å². The molecule has 0 spiro atoms. The lowest BCUT2D eigenvalue weighted by molar-refractivity contribution is 0.0664. The van der Waals surface area contributed by atoms with Crippen molar-refractivity contribution in [3.8, 4) is 0 Å². The second-order valence-electron chi connectivity index (χ2n) is 5.63. The average Bonchev–Trinajstić information content (AvgIpc) is 3.07. The number of benzene rings is 1. The van der Waals surface area contributed by atoms with Crippen LogP contribution in [0.15, 0.2) is 45.7 Å². The molecule has 8 nitrogen and oxygen atoms in total. The first-order valence-corrected chi connectivity index (χ1v) is 9.49. The van der Waals surface area contributed by atoms with Crippen LogP contribution in [0.4, 0.5) is 0 Å². The van der Waals surface area contributed by atoms with E-state index in [0.717, 1.165) is 0 Å². The van der Waals surface area contributed by atoms with Crippen LogP contribution in [0.25, 0.3) is 0 Å². The number of amides is 1. The number of carboxylic acid groups (broad SMARTS) is 1. The normalized spacial score (nSPS) is 15.8. The molecule has 10 heteroatoms. The molecule has 0 unspecified atom stereocenters. The van der Waals surface area contributed by atoms with Crippen molar-refractivity contribution in [3.63, 3.8) is 0 Å². The largest absolute Gasteiger partial charge is 0.478 e. The molecule has 1 fully saturated rings. The molecule has 0 atom stereocenters. The number of nitrogens with zero attached hydrogens (tertiary/aromatic N) is 2. The number of hydrogen-bond acceptors (Lipinski definition) is 5. The summed E-state index contributed by atoms with van der Waals surface area (Å²) in [5.74, 6) is -1.37. The van der Waals surface area contributed by atoms with Gasteiger partial charge >= 0.3 is 5.97 Å². The molecule has 2 aromatic rings. The van der Waals surface area contributed by atoms with Gasteiger partial charge in [-0.2, -0.15) is 4.31 Å². The molecule has 1 saturated heterocycles. The summed E-state index contributed by atoms with van der Waals surface area (Å²) in [7, 11) is -3.76. The van der Waals surface area contributed by atoms with Crippen LogP contribution in [0.3, 0.4) is 0 Å². The van der Waals surface area contributed by atoms with Crippen molar-refractivity contribution in [2.24, 2.45) is 0 Å². The van der Waals surface area contributed by atoms with E-state index in [4.69, 9.17) is 21.1 Å². The number of carbonyl (C=O) groups is 2. The third-order valence-corrected chi connectivity index (χ3v) is 6.16. The Balaban J connectivity index is 1.68. The Hall–Kier alpha value is -2.36. The SMILES string of the molecule is O=C(O)c1ccc(S(=O)(=O)N2CCN(C(=O)c3ccc(Cl)o3)CC2)cc1. The fraction of sp³-hybridized carbons (Fsp3) is 0.250. The maximum absolute atomic E-state index is 12.7. The monoisotopic (exact) mass is 398 g/mol. The first-order chi connectivity index (χ1) is 12.3. The summed E-state index contributed by atoms with van der Waals surface area (Å²) < 4.78 is 31.7. The van der Waals surface area contributed by atoms with Crippen LogP contribution in [0, 0.1) is 0 Å². The van der Waals surface area contributed by atoms with Crippen LogP contribution in [0.1, 0.15) is 20.9 Å².